The number of nitrogens with zero attached hydrogens (tertiary/aromatic N) is 3. The Labute approximate surface area is 136 Å². The summed E-state index contributed by atoms with van der Waals surface area (Å²) < 4.78 is 1.34. The summed E-state index contributed by atoms with van der Waals surface area (Å²) in [5.41, 5.74) is 4.25. The van der Waals surface area contributed by atoms with Crippen molar-refractivity contribution in [1.82, 2.24) is 4.57 Å². The third-order valence-electron chi connectivity index (χ3n) is 4.07. The Hall–Kier alpha value is -2.43. The van der Waals surface area contributed by atoms with Crippen LogP contribution in [0.15, 0.2) is 33.2 Å². The molecule has 1 aromatic carbocycles. The zero-order chi connectivity index (χ0) is 17.1. The quantitative estimate of drug-likeness (QED) is 0.846. The SMILES string of the molecule is CCc1c(C)c(N=Nc2cc(C)ccc2C)c(=O)n(CC)c1O. The molecule has 0 saturated heterocycles. The molecule has 0 amide bonds. The van der Waals surface area contributed by atoms with Gasteiger partial charge in [-0.05, 0) is 56.9 Å². The van der Waals surface area contributed by atoms with Gasteiger partial charge in [0.1, 0.15) is 0 Å². The van der Waals surface area contributed by atoms with Gasteiger partial charge in [0.05, 0.1) is 5.69 Å². The maximum Gasteiger partial charge on any atom is 0.281 e. The van der Waals surface area contributed by atoms with Gasteiger partial charge in [0.2, 0.25) is 0 Å². The van der Waals surface area contributed by atoms with E-state index < -0.39 is 0 Å². The minimum atomic E-state index is -0.311. The van der Waals surface area contributed by atoms with Crippen LogP contribution < -0.4 is 5.56 Å². The molecule has 0 radical (unpaired) electrons. The number of azo groups is 1. The van der Waals surface area contributed by atoms with Gasteiger partial charge in [-0.3, -0.25) is 9.36 Å². The Kier molecular flexibility index (Phi) is 4.98. The highest BCUT2D eigenvalue weighted by Gasteiger charge is 2.17. The lowest BCUT2D eigenvalue weighted by Crippen LogP contribution is -2.21. The highest BCUT2D eigenvalue weighted by Crippen LogP contribution is 2.28. The zero-order valence-electron chi connectivity index (χ0n) is 14.3. The molecular weight excluding hydrogens is 290 g/mol. The van der Waals surface area contributed by atoms with Crippen molar-refractivity contribution in [2.45, 2.75) is 47.6 Å². The molecule has 2 rings (SSSR count). The molecule has 0 bridgehead atoms. The van der Waals surface area contributed by atoms with Crippen molar-refractivity contribution in [3.8, 4) is 5.88 Å². The van der Waals surface area contributed by atoms with Gasteiger partial charge in [-0.2, -0.15) is 5.11 Å². The normalized spacial score (nSPS) is 11.3. The Morgan fingerprint density at radius 3 is 2.43 bits per heavy atom. The first kappa shape index (κ1) is 16.9. The predicted molar refractivity (Wildman–Crippen MR) is 92.2 cm³/mol. The number of benzene rings is 1. The third kappa shape index (κ3) is 3.18. The van der Waals surface area contributed by atoms with Gasteiger partial charge in [-0.25, -0.2) is 0 Å². The van der Waals surface area contributed by atoms with E-state index in [0.717, 1.165) is 22.4 Å². The van der Waals surface area contributed by atoms with E-state index in [1.165, 1.54) is 4.57 Å². The fourth-order valence-corrected chi connectivity index (χ4v) is 2.62. The largest absolute Gasteiger partial charge is 0.494 e. The molecule has 0 fully saturated rings. The van der Waals surface area contributed by atoms with Gasteiger partial charge in [0.25, 0.3) is 5.56 Å². The van der Waals surface area contributed by atoms with Crippen molar-refractivity contribution < 1.29 is 5.11 Å². The van der Waals surface area contributed by atoms with Crippen LogP contribution in [0.5, 0.6) is 5.88 Å². The summed E-state index contributed by atoms with van der Waals surface area (Å²) in [5.74, 6) is 0.0307. The van der Waals surface area contributed by atoms with Crippen LogP contribution >= 0.6 is 0 Å². The number of hydrogen-bond donors (Lipinski definition) is 1. The number of hydrogen-bond acceptors (Lipinski definition) is 4. The number of aromatic nitrogens is 1. The molecule has 1 heterocycles. The molecular formula is C18H23N3O2. The molecule has 1 N–H and O–H groups in total. The Bertz CT molecular complexity index is 820. The highest BCUT2D eigenvalue weighted by atomic mass is 16.3. The maximum atomic E-state index is 12.5. The van der Waals surface area contributed by atoms with E-state index in [9.17, 15) is 9.90 Å². The van der Waals surface area contributed by atoms with Crippen molar-refractivity contribution in [2.75, 3.05) is 0 Å². The van der Waals surface area contributed by atoms with Crippen molar-refractivity contribution in [2.24, 2.45) is 10.2 Å². The summed E-state index contributed by atoms with van der Waals surface area (Å²) in [6, 6.07) is 5.93. The summed E-state index contributed by atoms with van der Waals surface area (Å²) in [6.45, 7) is 9.91. The number of aryl methyl sites for hydroxylation is 2. The zero-order valence-corrected chi connectivity index (χ0v) is 14.3. The second kappa shape index (κ2) is 6.77. The lowest BCUT2D eigenvalue weighted by atomic mass is 10.1. The van der Waals surface area contributed by atoms with Crippen LogP contribution in [0.4, 0.5) is 11.4 Å². The van der Waals surface area contributed by atoms with E-state index in [4.69, 9.17) is 0 Å². The van der Waals surface area contributed by atoms with Crippen LogP contribution in [0, 0.1) is 20.8 Å². The van der Waals surface area contributed by atoms with Crippen molar-refractivity contribution in [1.29, 1.82) is 0 Å². The molecule has 0 aliphatic heterocycles. The minimum Gasteiger partial charge on any atom is -0.494 e. The molecule has 5 heteroatoms. The maximum absolute atomic E-state index is 12.5. The molecule has 0 spiro atoms. The van der Waals surface area contributed by atoms with Gasteiger partial charge in [0.15, 0.2) is 11.6 Å². The second-order valence-corrected chi connectivity index (χ2v) is 5.67. The highest BCUT2D eigenvalue weighted by molar-refractivity contribution is 5.53. The van der Waals surface area contributed by atoms with Gasteiger partial charge < -0.3 is 5.11 Å². The molecule has 2 aromatic rings. The first-order valence-corrected chi connectivity index (χ1v) is 7.84. The van der Waals surface area contributed by atoms with E-state index in [-0.39, 0.29) is 11.4 Å². The summed E-state index contributed by atoms with van der Waals surface area (Å²) >= 11 is 0. The van der Waals surface area contributed by atoms with Crippen LogP contribution in [0.2, 0.25) is 0 Å². The number of rotatable bonds is 4. The van der Waals surface area contributed by atoms with Crippen molar-refractivity contribution in [3.63, 3.8) is 0 Å². The smallest absolute Gasteiger partial charge is 0.281 e. The molecule has 0 saturated carbocycles. The fourth-order valence-electron chi connectivity index (χ4n) is 2.62. The fraction of sp³-hybridized carbons (Fsp3) is 0.389. The van der Waals surface area contributed by atoms with E-state index in [2.05, 4.69) is 10.2 Å². The first-order chi connectivity index (χ1) is 10.9. The lowest BCUT2D eigenvalue weighted by Gasteiger charge is -2.14. The molecule has 5 nitrogen and oxygen atoms in total. The Morgan fingerprint density at radius 2 is 1.83 bits per heavy atom. The molecule has 0 aliphatic carbocycles. The van der Waals surface area contributed by atoms with Crippen LogP contribution in [0.3, 0.4) is 0 Å². The molecule has 0 aliphatic rings. The molecule has 23 heavy (non-hydrogen) atoms. The molecule has 1 aromatic heterocycles. The third-order valence-corrected chi connectivity index (χ3v) is 4.07. The van der Waals surface area contributed by atoms with Gasteiger partial charge >= 0.3 is 0 Å². The Balaban J connectivity index is 2.62. The van der Waals surface area contributed by atoms with Gasteiger partial charge in [0, 0.05) is 12.1 Å². The Morgan fingerprint density at radius 1 is 1.13 bits per heavy atom. The van der Waals surface area contributed by atoms with E-state index >= 15 is 0 Å². The van der Waals surface area contributed by atoms with E-state index in [1.54, 1.807) is 6.92 Å². The summed E-state index contributed by atoms with van der Waals surface area (Å²) in [6.07, 6.45) is 0.629. The van der Waals surface area contributed by atoms with Crippen LogP contribution in [0.25, 0.3) is 0 Å². The van der Waals surface area contributed by atoms with Gasteiger partial charge in [-0.15, -0.1) is 5.11 Å². The lowest BCUT2D eigenvalue weighted by molar-refractivity contribution is 0.404. The summed E-state index contributed by atoms with van der Waals surface area (Å²) in [7, 11) is 0. The predicted octanol–water partition coefficient (Wildman–Crippen LogP) is 4.48. The molecule has 0 unspecified atom stereocenters. The second-order valence-electron chi connectivity index (χ2n) is 5.67. The molecule has 0 atom stereocenters. The summed E-state index contributed by atoms with van der Waals surface area (Å²) in [4.78, 5) is 12.5. The first-order valence-electron chi connectivity index (χ1n) is 7.84. The summed E-state index contributed by atoms with van der Waals surface area (Å²) in [5, 5.41) is 18.7. The van der Waals surface area contributed by atoms with Gasteiger partial charge in [-0.1, -0.05) is 19.1 Å². The monoisotopic (exact) mass is 313 g/mol. The minimum absolute atomic E-state index is 0.0307. The van der Waals surface area contributed by atoms with E-state index in [0.29, 0.717) is 24.2 Å². The number of aromatic hydroxyl groups is 1. The van der Waals surface area contributed by atoms with Crippen LogP contribution in [-0.4, -0.2) is 9.67 Å². The molecule has 122 valence electrons. The van der Waals surface area contributed by atoms with Crippen LogP contribution in [-0.2, 0) is 13.0 Å². The average molecular weight is 313 g/mol. The van der Waals surface area contributed by atoms with E-state index in [1.807, 2.05) is 45.9 Å². The van der Waals surface area contributed by atoms with Crippen molar-refractivity contribution in [3.05, 3.63) is 50.8 Å². The average Bonchev–Trinajstić information content (AvgIpc) is 2.51. The standard InChI is InChI=1S/C18H23N3O2/c1-6-14-13(5)16(18(23)21(7-2)17(14)22)20-19-15-10-11(3)8-9-12(15)4/h8-10,22H,6-7H2,1-5H3. The number of pyridine rings is 1. The van der Waals surface area contributed by atoms with Crippen LogP contribution in [0.1, 0.15) is 36.1 Å². The van der Waals surface area contributed by atoms with Crippen molar-refractivity contribution >= 4 is 11.4 Å². The topological polar surface area (TPSA) is 67.0 Å².